The third kappa shape index (κ3) is 5.02. The van der Waals surface area contributed by atoms with Crippen LogP contribution in [0.2, 0.25) is 0 Å². The minimum absolute atomic E-state index is 0.0918. The van der Waals surface area contributed by atoms with Crippen LogP contribution in [0.15, 0.2) is 109 Å². The van der Waals surface area contributed by atoms with Crippen LogP contribution in [0.3, 0.4) is 0 Å². The number of hydrogen-bond donors (Lipinski definition) is 3. The van der Waals surface area contributed by atoms with Crippen molar-refractivity contribution in [3.05, 3.63) is 120 Å². The molecule has 0 aliphatic heterocycles. The van der Waals surface area contributed by atoms with Gasteiger partial charge in [-0.25, -0.2) is 4.98 Å². The van der Waals surface area contributed by atoms with E-state index in [-0.39, 0.29) is 5.91 Å². The molecule has 6 nitrogen and oxygen atoms in total. The maximum Gasteiger partial charge on any atom is 0.251 e. The van der Waals surface area contributed by atoms with Crippen molar-refractivity contribution < 1.29 is 4.79 Å². The highest BCUT2D eigenvalue weighted by Gasteiger charge is 2.09. The van der Waals surface area contributed by atoms with Crippen LogP contribution in [0.4, 0.5) is 23.1 Å². The molecule has 0 saturated heterocycles. The van der Waals surface area contributed by atoms with Crippen LogP contribution in [0.1, 0.15) is 15.9 Å². The predicted octanol–water partition coefficient (Wildman–Crippen LogP) is 6.05. The number of para-hydroxylation sites is 2. The highest BCUT2D eigenvalue weighted by molar-refractivity contribution is 5.94. The number of carbonyl (C=O) groups is 1. The molecule has 0 saturated carbocycles. The van der Waals surface area contributed by atoms with Gasteiger partial charge in [0.2, 0.25) is 5.95 Å². The van der Waals surface area contributed by atoms with E-state index in [1.807, 2.05) is 97.1 Å². The van der Waals surface area contributed by atoms with E-state index in [1.165, 1.54) is 0 Å². The van der Waals surface area contributed by atoms with Crippen molar-refractivity contribution in [3.63, 3.8) is 0 Å². The molecule has 1 amide bonds. The molecular formula is C28H23N5O. The van der Waals surface area contributed by atoms with Gasteiger partial charge in [-0.05, 0) is 54.1 Å². The Bertz CT molecular complexity index is 1400. The Kier molecular flexibility index (Phi) is 6.12. The highest BCUT2D eigenvalue weighted by atomic mass is 16.1. The Balaban J connectivity index is 1.30. The van der Waals surface area contributed by atoms with E-state index >= 15 is 0 Å². The Morgan fingerprint density at radius 1 is 0.647 bits per heavy atom. The lowest BCUT2D eigenvalue weighted by Crippen LogP contribution is -2.22. The molecule has 0 atom stereocenters. The lowest BCUT2D eigenvalue weighted by Gasteiger charge is -2.12. The molecule has 5 rings (SSSR count). The molecule has 1 heterocycles. The van der Waals surface area contributed by atoms with Gasteiger partial charge in [0.05, 0.1) is 5.52 Å². The SMILES string of the molecule is O=C(NCc1ccc(Nc2nc(Nc3ccccc3)c3ccccc3n2)cc1)c1ccccc1. The van der Waals surface area contributed by atoms with Gasteiger partial charge in [-0.1, -0.05) is 60.7 Å². The topological polar surface area (TPSA) is 78.9 Å². The Labute approximate surface area is 197 Å². The van der Waals surface area contributed by atoms with Crippen LogP contribution < -0.4 is 16.0 Å². The van der Waals surface area contributed by atoms with E-state index in [0.29, 0.717) is 18.1 Å². The molecule has 0 aliphatic carbocycles. The monoisotopic (exact) mass is 445 g/mol. The first-order valence-corrected chi connectivity index (χ1v) is 11.0. The fraction of sp³-hybridized carbons (Fsp3) is 0.0357. The van der Waals surface area contributed by atoms with Crippen LogP contribution in [0.25, 0.3) is 10.9 Å². The smallest absolute Gasteiger partial charge is 0.251 e. The van der Waals surface area contributed by atoms with Gasteiger partial charge >= 0.3 is 0 Å². The van der Waals surface area contributed by atoms with E-state index in [9.17, 15) is 4.79 Å². The Hall–Kier alpha value is -4.71. The van der Waals surface area contributed by atoms with Gasteiger partial charge in [-0.3, -0.25) is 4.79 Å². The summed E-state index contributed by atoms with van der Waals surface area (Å²) in [4.78, 5) is 21.6. The molecular weight excluding hydrogens is 422 g/mol. The third-order valence-electron chi connectivity index (χ3n) is 5.34. The molecule has 166 valence electrons. The van der Waals surface area contributed by atoms with Gasteiger partial charge in [-0.15, -0.1) is 0 Å². The van der Waals surface area contributed by atoms with Crippen molar-refractivity contribution in [2.75, 3.05) is 10.6 Å². The molecule has 3 N–H and O–H groups in total. The largest absolute Gasteiger partial charge is 0.348 e. The number of rotatable bonds is 7. The lowest BCUT2D eigenvalue weighted by atomic mass is 10.2. The van der Waals surface area contributed by atoms with Gasteiger partial charge in [0.1, 0.15) is 5.82 Å². The zero-order chi connectivity index (χ0) is 23.2. The van der Waals surface area contributed by atoms with Crippen molar-refractivity contribution in [2.45, 2.75) is 6.54 Å². The number of nitrogens with zero attached hydrogens (tertiary/aromatic N) is 2. The standard InChI is InChI=1S/C28H23N5O/c34-27(21-9-3-1-4-10-21)29-19-20-15-17-23(18-16-20)31-28-32-25-14-8-7-13-24(25)26(33-28)30-22-11-5-2-6-12-22/h1-18H,19H2,(H,29,34)(H2,30,31,32,33). The summed E-state index contributed by atoms with van der Waals surface area (Å²) in [6, 6.07) is 34.9. The first kappa shape index (κ1) is 21.2. The first-order valence-electron chi connectivity index (χ1n) is 11.0. The minimum atomic E-state index is -0.0918. The summed E-state index contributed by atoms with van der Waals surface area (Å²) in [6.07, 6.45) is 0. The molecule has 6 heteroatoms. The second-order valence-corrected chi connectivity index (χ2v) is 7.77. The van der Waals surface area contributed by atoms with Crippen molar-refractivity contribution in [2.24, 2.45) is 0 Å². The van der Waals surface area contributed by atoms with Crippen molar-refractivity contribution in [3.8, 4) is 0 Å². The van der Waals surface area contributed by atoms with Crippen LogP contribution in [0, 0.1) is 0 Å². The molecule has 0 bridgehead atoms. The Morgan fingerprint density at radius 2 is 1.29 bits per heavy atom. The zero-order valence-corrected chi connectivity index (χ0v) is 18.4. The van der Waals surface area contributed by atoms with Crippen molar-refractivity contribution in [1.82, 2.24) is 15.3 Å². The van der Waals surface area contributed by atoms with Gasteiger partial charge in [0.15, 0.2) is 0 Å². The molecule has 0 aliphatic rings. The number of amides is 1. The summed E-state index contributed by atoms with van der Waals surface area (Å²) in [6.45, 7) is 0.450. The lowest BCUT2D eigenvalue weighted by molar-refractivity contribution is 0.0951. The van der Waals surface area contributed by atoms with Crippen LogP contribution in [-0.4, -0.2) is 15.9 Å². The summed E-state index contributed by atoms with van der Waals surface area (Å²) in [7, 11) is 0. The van der Waals surface area contributed by atoms with Gasteiger partial charge < -0.3 is 16.0 Å². The molecule has 4 aromatic carbocycles. The average Bonchev–Trinajstić information content (AvgIpc) is 2.89. The average molecular weight is 446 g/mol. The van der Waals surface area contributed by atoms with Crippen molar-refractivity contribution in [1.29, 1.82) is 0 Å². The normalized spacial score (nSPS) is 10.6. The van der Waals surface area contributed by atoms with E-state index in [1.54, 1.807) is 12.1 Å². The number of anilines is 4. The molecule has 5 aromatic rings. The zero-order valence-electron chi connectivity index (χ0n) is 18.4. The number of carbonyl (C=O) groups excluding carboxylic acids is 1. The molecule has 0 spiro atoms. The van der Waals surface area contributed by atoms with E-state index < -0.39 is 0 Å². The van der Waals surface area contributed by atoms with E-state index in [2.05, 4.69) is 20.9 Å². The second-order valence-electron chi connectivity index (χ2n) is 7.77. The summed E-state index contributed by atoms with van der Waals surface area (Å²) in [5.74, 6) is 1.15. The Morgan fingerprint density at radius 3 is 2.06 bits per heavy atom. The fourth-order valence-corrected chi connectivity index (χ4v) is 3.59. The van der Waals surface area contributed by atoms with Gasteiger partial charge in [-0.2, -0.15) is 4.98 Å². The number of hydrogen-bond acceptors (Lipinski definition) is 5. The number of benzene rings is 4. The molecule has 34 heavy (non-hydrogen) atoms. The maximum atomic E-state index is 12.3. The minimum Gasteiger partial charge on any atom is -0.348 e. The summed E-state index contributed by atoms with van der Waals surface area (Å²) < 4.78 is 0. The highest BCUT2D eigenvalue weighted by Crippen LogP contribution is 2.26. The van der Waals surface area contributed by atoms with Crippen molar-refractivity contribution >= 4 is 40.0 Å². The second kappa shape index (κ2) is 9.83. The molecule has 0 fully saturated rings. The summed E-state index contributed by atoms with van der Waals surface area (Å²) >= 11 is 0. The van der Waals surface area contributed by atoms with E-state index in [4.69, 9.17) is 4.98 Å². The first-order chi connectivity index (χ1) is 16.7. The molecule has 1 aromatic heterocycles. The number of fused-ring (bicyclic) bond motifs is 1. The van der Waals surface area contributed by atoms with Crippen LogP contribution in [-0.2, 0) is 6.54 Å². The summed E-state index contributed by atoms with van der Waals surface area (Å²) in [5, 5.41) is 10.6. The van der Waals surface area contributed by atoms with Gasteiger partial charge in [0.25, 0.3) is 5.91 Å². The number of nitrogens with one attached hydrogen (secondary N) is 3. The molecule has 0 unspecified atom stereocenters. The van der Waals surface area contributed by atoms with Crippen LogP contribution >= 0.6 is 0 Å². The predicted molar refractivity (Wildman–Crippen MR) is 137 cm³/mol. The fourth-order valence-electron chi connectivity index (χ4n) is 3.59. The van der Waals surface area contributed by atoms with Crippen LogP contribution in [0.5, 0.6) is 0 Å². The molecule has 0 radical (unpaired) electrons. The quantitative estimate of drug-likeness (QED) is 0.284. The van der Waals surface area contributed by atoms with Gasteiger partial charge in [0, 0.05) is 28.9 Å². The summed E-state index contributed by atoms with van der Waals surface area (Å²) in [5.41, 5.74) is 4.31. The number of aromatic nitrogens is 2. The third-order valence-corrected chi connectivity index (χ3v) is 5.34. The van der Waals surface area contributed by atoms with E-state index in [0.717, 1.165) is 33.7 Å². The maximum absolute atomic E-state index is 12.3.